The minimum absolute atomic E-state index is 0.404. The predicted octanol–water partition coefficient (Wildman–Crippen LogP) is 1.69. The van der Waals surface area contributed by atoms with E-state index in [1.54, 1.807) is 36.8 Å². The number of rotatable bonds is 2. The fraction of sp³-hybridized carbons (Fsp3) is 0. The van der Waals surface area contributed by atoms with Gasteiger partial charge in [-0.2, -0.15) is 0 Å². The number of carbonyl (C=O) groups excluding carboxylic acids is 2. The topological polar surface area (TPSA) is 72.0 Å². The molecule has 19 heavy (non-hydrogen) atoms. The third-order valence-electron chi connectivity index (χ3n) is 2.79. The van der Waals surface area contributed by atoms with Crippen LogP contribution >= 0.6 is 0 Å². The Hall–Kier alpha value is -2.82. The fourth-order valence-corrected chi connectivity index (χ4v) is 1.93. The molecule has 0 radical (unpaired) electrons. The highest BCUT2D eigenvalue weighted by Crippen LogP contribution is 2.25. The third-order valence-corrected chi connectivity index (χ3v) is 2.79. The van der Waals surface area contributed by atoms with Gasteiger partial charge in [-0.05, 0) is 0 Å². The number of allylic oxidation sites excluding steroid dienone is 1. The van der Waals surface area contributed by atoms with Gasteiger partial charge in [0.15, 0.2) is 0 Å². The van der Waals surface area contributed by atoms with Gasteiger partial charge in [-0.25, -0.2) is 4.98 Å². The highest BCUT2D eigenvalue weighted by Gasteiger charge is 2.25. The summed E-state index contributed by atoms with van der Waals surface area (Å²) < 4.78 is 0. The molecule has 0 spiro atoms. The second kappa shape index (κ2) is 4.45. The Morgan fingerprint density at radius 3 is 2.53 bits per heavy atom. The van der Waals surface area contributed by atoms with Crippen LogP contribution in [0.4, 0.5) is 5.82 Å². The molecule has 5 nitrogen and oxygen atoms in total. The summed E-state index contributed by atoms with van der Waals surface area (Å²) in [6.45, 7) is 0. The number of ketones is 2. The zero-order valence-electron chi connectivity index (χ0n) is 9.83. The first-order valence-electron chi connectivity index (χ1n) is 5.68. The maximum Gasteiger partial charge on any atom is 0.233 e. The number of nitrogens with one attached hydrogen (secondary N) is 1. The summed E-state index contributed by atoms with van der Waals surface area (Å²) in [4.78, 5) is 31.4. The molecule has 0 amide bonds. The quantitative estimate of drug-likeness (QED) is 0.822. The number of benzene rings is 1. The Labute approximate surface area is 109 Å². The molecule has 1 heterocycles. The molecule has 0 unspecified atom stereocenters. The highest BCUT2D eigenvalue weighted by molar-refractivity contribution is 6.50. The van der Waals surface area contributed by atoms with Crippen molar-refractivity contribution in [3.63, 3.8) is 0 Å². The first-order valence-corrected chi connectivity index (χ1v) is 5.68. The van der Waals surface area contributed by atoms with Gasteiger partial charge in [-0.1, -0.05) is 24.3 Å². The molecule has 0 atom stereocenters. The Morgan fingerprint density at radius 1 is 1.00 bits per heavy atom. The van der Waals surface area contributed by atoms with E-state index < -0.39 is 11.6 Å². The molecule has 92 valence electrons. The maximum absolute atomic E-state index is 11.8. The fourth-order valence-electron chi connectivity index (χ4n) is 1.93. The average molecular weight is 251 g/mol. The normalized spacial score (nSPS) is 13.8. The van der Waals surface area contributed by atoms with Gasteiger partial charge in [0.1, 0.15) is 5.82 Å². The first kappa shape index (κ1) is 11.3. The SMILES string of the molecule is O=C1C=C(Nc2cnccn2)c2ccccc2C1=O. The second-order valence-electron chi connectivity index (χ2n) is 4.01. The Bertz CT molecular complexity index is 693. The lowest BCUT2D eigenvalue weighted by atomic mass is 9.93. The van der Waals surface area contributed by atoms with E-state index in [0.29, 0.717) is 22.6 Å². The molecule has 1 aliphatic carbocycles. The number of nitrogens with zero attached hydrogens (tertiary/aromatic N) is 2. The first-order chi connectivity index (χ1) is 9.25. The van der Waals surface area contributed by atoms with Crippen LogP contribution in [0.1, 0.15) is 15.9 Å². The summed E-state index contributed by atoms with van der Waals surface area (Å²) in [6.07, 6.45) is 5.94. The summed E-state index contributed by atoms with van der Waals surface area (Å²) in [5, 5.41) is 3.00. The zero-order valence-corrected chi connectivity index (χ0v) is 9.83. The molecule has 0 saturated heterocycles. The minimum Gasteiger partial charge on any atom is -0.338 e. The monoisotopic (exact) mass is 251 g/mol. The van der Waals surface area contributed by atoms with E-state index in [1.807, 2.05) is 6.07 Å². The average Bonchev–Trinajstić information content (AvgIpc) is 2.46. The van der Waals surface area contributed by atoms with Gasteiger partial charge >= 0.3 is 0 Å². The van der Waals surface area contributed by atoms with Crippen molar-refractivity contribution in [1.29, 1.82) is 0 Å². The van der Waals surface area contributed by atoms with Gasteiger partial charge in [-0.15, -0.1) is 0 Å². The van der Waals surface area contributed by atoms with E-state index >= 15 is 0 Å². The predicted molar refractivity (Wildman–Crippen MR) is 69.4 cm³/mol. The van der Waals surface area contributed by atoms with Crippen LogP contribution < -0.4 is 5.32 Å². The van der Waals surface area contributed by atoms with Crippen LogP contribution in [0.5, 0.6) is 0 Å². The van der Waals surface area contributed by atoms with E-state index in [-0.39, 0.29) is 0 Å². The van der Waals surface area contributed by atoms with E-state index in [0.717, 1.165) is 0 Å². The van der Waals surface area contributed by atoms with Crippen molar-refractivity contribution in [3.05, 3.63) is 60.1 Å². The van der Waals surface area contributed by atoms with Crippen LogP contribution in [-0.4, -0.2) is 21.5 Å². The molecule has 1 N–H and O–H groups in total. The Kier molecular flexibility index (Phi) is 2.64. The van der Waals surface area contributed by atoms with E-state index in [9.17, 15) is 9.59 Å². The molecular weight excluding hydrogens is 242 g/mol. The minimum atomic E-state index is -0.537. The van der Waals surface area contributed by atoms with Crippen molar-refractivity contribution in [1.82, 2.24) is 9.97 Å². The van der Waals surface area contributed by atoms with E-state index in [2.05, 4.69) is 15.3 Å². The Balaban J connectivity index is 2.04. The standard InChI is InChI=1S/C14H9N3O2/c18-12-7-11(17-13-8-15-5-6-16-13)9-3-1-2-4-10(9)14(12)19/h1-8H,(H,16,17). The number of aromatic nitrogens is 2. The molecule has 0 bridgehead atoms. The number of fused-ring (bicyclic) bond motifs is 1. The summed E-state index contributed by atoms with van der Waals surface area (Å²) in [6, 6.07) is 6.97. The van der Waals surface area contributed by atoms with Crippen LogP contribution in [0.3, 0.4) is 0 Å². The van der Waals surface area contributed by atoms with Gasteiger partial charge in [0.2, 0.25) is 11.6 Å². The molecule has 2 aromatic rings. The summed E-state index contributed by atoms with van der Waals surface area (Å²) >= 11 is 0. The lowest BCUT2D eigenvalue weighted by Gasteiger charge is -2.16. The molecule has 0 saturated carbocycles. The molecule has 5 heteroatoms. The molecule has 0 fully saturated rings. The molecule has 1 aliphatic rings. The van der Waals surface area contributed by atoms with Gasteiger partial charge in [0.05, 0.1) is 11.9 Å². The van der Waals surface area contributed by atoms with Crippen molar-refractivity contribution in [2.24, 2.45) is 0 Å². The van der Waals surface area contributed by atoms with Crippen LogP contribution in [0, 0.1) is 0 Å². The number of anilines is 1. The van der Waals surface area contributed by atoms with Gasteiger partial charge < -0.3 is 5.32 Å². The second-order valence-corrected chi connectivity index (χ2v) is 4.01. The molecule has 1 aromatic carbocycles. The van der Waals surface area contributed by atoms with Crippen LogP contribution in [0.25, 0.3) is 5.70 Å². The van der Waals surface area contributed by atoms with Gasteiger partial charge in [-0.3, -0.25) is 14.6 Å². The summed E-state index contributed by atoms with van der Waals surface area (Å²) in [5.74, 6) is -0.504. The zero-order chi connectivity index (χ0) is 13.2. The number of hydrogen-bond donors (Lipinski definition) is 1. The smallest absolute Gasteiger partial charge is 0.233 e. The van der Waals surface area contributed by atoms with Crippen molar-refractivity contribution in [2.75, 3.05) is 5.32 Å². The van der Waals surface area contributed by atoms with Crippen LogP contribution in [0.15, 0.2) is 48.9 Å². The summed E-state index contributed by atoms with van der Waals surface area (Å²) in [5.41, 5.74) is 1.65. The molecular formula is C14H9N3O2. The molecule has 3 rings (SSSR count). The lowest BCUT2D eigenvalue weighted by molar-refractivity contribution is -0.111. The van der Waals surface area contributed by atoms with Crippen molar-refractivity contribution in [2.45, 2.75) is 0 Å². The van der Waals surface area contributed by atoms with Gasteiger partial charge in [0.25, 0.3) is 0 Å². The largest absolute Gasteiger partial charge is 0.338 e. The van der Waals surface area contributed by atoms with Crippen LogP contribution in [-0.2, 0) is 4.79 Å². The van der Waals surface area contributed by atoms with Gasteiger partial charge in [0, 0.05) is 29.6 Å². The number of carbonyl (C=O) groups is 2. The molecule has 0 aliphatic heterocycles. The van der Waals surface area contributed by atoms with Crippen molar-refractivity contribution in [3.8, 4) is 0 Å². The maximum atomic E-state index is 11.8. The van der Waals surface area contributed by atoms with E-state index in [1.165, 1.54) is 6.08 Å². The van der Waals surface area contributed by atoms with Crippen molar-refractivity contribution < 1.29 is 9.59 Å². The number of Topliss-reactive ketones (excluding diaryl/α,β-unsaturated/α-hetero) is 1. The van der Waals surface area contributed by atoms with Crippen molar-refractivity contribution >= 4 is 23.1 Å². The van der Waals surface area contributed by atoms with Crippen LogP contribution in [0.2, 0.25) is 0 Å². The number of hydrogen-bond acceptors (Lipinski definition) is 5. The lowest BCUT2D eigenvalue weighted by Crippen LogP contribution is -2.21. The third kappa shape index (κ3) is 2.01. The van der Waals surface area contributed by atoms with E-state index in [4.69, 9.17) is 0 Å². The highest BCUT2D eigenvalue weighted by atomic mass is 16.2. The Morgan fingerprint density at radius 2 is 1.79 bits per heavy atom. The summed E-state index contributed by atoms with van der Waals surface area (Å²) in [7, 11) is 0. The molecule has 1 aromatic heterocycles.